The van der Waals surface area contributed by atoms with Crippen molar-refractivity contribution < 1.29 is 9.47 Å². The van der Waals surface area contributed by atoms with E-state index in [2.05, 4.69) is 20.2 Å². The van der Waals surface area contributed by atoms with Crippen molar-refractivity contribution in [2.45, 2.75) is 19.0 Å². The van der Waals surface area contributed by atoms with Crippen LogP contribution in [0.1, 0.15) is 12.0 Å². The Balaban J connectivity index is 1.59. The molecule has 1 aromatic carbocycles. The number of nitrogens with zero attached hydrogens (tertiary/aromatic N) is 3. The number of methoxy groups -OCH3 is 2. The van der Waals surface area contributed by atoms with Crippen molar-refractivity contribution in [2.75, 3.05) is 32.6 Å². The first-order valence-electron chi connectivity index (χ1n) is 7.86. The van der Waals surface area contributed by atoms with Gasteiger partial charge >= 0.3 is 0 Å². The van der Waals surface area contributed by atoms with Gasteiger partial charge in [0, 0.05) is 31.7 Å². The summed E-state index contributed by atoms with van der Waals surface area (Å²) in [5.74, 6) is 2.06. The molecule has 1 fully saturated rings. The minimum absolute atomic E-state index is 0.342. The SMILES string of the molecule is COc1cc(NC2CCN(Cc3cccc(OC)c3Cl)C2)ncn1. The third-order valence-corrected chi connectivity index (χ3v) is 4.56. The van der Waals surface area contributed by atoms with E-state index >= 15 is 0 Å². The lowest BCUT2D eigenvalue weighted by atomic mass is 10.2. The molecule has 7 heteroatoms. The summed E-state index contributed by atoms with van der Waals surface area (Å²) in [6, 6.07) is 8.04. The van der Waals surface area contributed by atoms with Crippen LogP contribution in [-0.2, 0) is 6.54 Å². The number of halogens is 1. The standard InChI is InChI=1S/C17H21ClN4O2/c1-23-14-5-3-4-12(17(14)18)9-22-7-6-13(10-22)21-15-8-16(24-2)20-11-19-15/h3-5,8,11,13H,6-7,9-10H2,1-2H3,(H,19,20,21). The zero-order valence-corrected chi connectivity index (χ0v) is 14.6. The number of benzene rings is 1. The predicted molar refractivity (Wildman–Crippen MR) is 93.9 cm³/mol. The van der Waals surface area contributed by atoms with Crippen molar-refractivity contribution in [2.24, 2.45) is 0 Å². The highest BCUT2D eigenvalue weighted by Crippen LogP contribution is 2.29. The average Bonchev–Trinajstić information content (AvgIpc) is 3.04. The Morgan fingerprint density at radius 2 is 2.17 bits per heavy atom. The Kier molecular flexibility index (Phi) is 5.37. The maximum Gasteiger partial charge on any atom is 0.218 e. The topological polar surface area (TPSA) is 59.5 Å². The first-order valence-corrected chi connectivity index (χ1v) is 8.23. The Morgan fingerprint density at radius 1 is 1.29 bits per heavy atom. The number of anilines is 1. The molecule has 128 valence electrons. The molecule has 1 saturated heterocycles. The monoisotopic (exact) mass is 348 g/mol. The van der Waals surface area contributed by atoms with E-state index < -0.39 is 0 Å². The molecule has 1 N–H and O–H groups in total. The van der Waals surface area contributed by atoms with Gasteiger partial charge in [-0.2, -0.15) is 0 Å². The molecule has 1 aliphatic heterocycles. The highest BCUT2D eigenvalue weighted by atomic mass is 35.5. The average molecular weight is 349 g/mol. The Labute approximate surface area is 146 Å². The molecule has 0 amide bonds. The molecular weight excluding hydrogens is 328 g/mol. The van der Waals surface area contributed by atoms with Crippen molar-refractivity contribution in [3.8, 4) is 11.6 Å². The Morgan fingerprint density at radius 3 is 2.96 bits per heavy atom. The molecule has 0 saturated carbocycles. The molecule has 6 nitrogen and oxygen atoms in total. The third kappa shape index (κ3) is 3.88. The number of ether oxygens (including phenoxy) is 2. The number of hydrogen-bond acceptors (Lipinski definition) is 6. The fourth-order valence-electron chi connectivity index (χ4n) is 2.91. The van der Waals surface area contributed by atoms with Gasteiger partial charge < -0.3 is 14.8 Å². The van der Waals surface area contributed by atoms with Crippen LogP contribution in [0, 0.1) is 0 Å². The number of nitrogens with one attached hydrogen (secondary N) is 1. The fraction of sp³-hybridized carbons (Fsp3) is 0.412. The molecule has 1 aliphatic rings. The van der Waals surface area contributed by atoms with E-state index in [1.807, 2.05) is 24.3 Å². The van der Waals surface area contributed by atoms with Crippen molar-refractivity contribution in [1.82, 2.24) is 14.9 Å². The summed E-state index contributed by atoms with van der Waals surface area (Å²) in [6.45, 7) is 2.74. The van der Waals surface area contributed by atoms with Crippen LogP contribution in [0.15, 0.2) is 30.6 Å². The molecular formula is C17H21ClN4O2. The maximum atomic E-state index is 6.39. The quantitative estimate of drug-likeness (QED) is 0.866. The van der Waals surface area contributed by atoms with Gasteiger partial charge in [0.05, 0.1) is 19.2 Å². The second-order valence-electron chi connectivity index (χ2n) is 5.74. The van der Waals surface area contributed by atoms with Gasteiger partial charge in [0.25, 0.3) is 0 Å². The van der Waals surface area contributed by atoms with Gasteiger partial charge in [0.1, 0.15) is 17.9 Å². The van der Waals surface area contributed by atoms with Gasteiger partial charge in [-0.15, -0.1) is 0 Å². The van der Waals surface area contributed by atoms with Crippen molar-refractivity contribution in [1.29, 1.82) is 0 Å². The van der Waals surface area contributed by atoms with Crippen LogP contribution < -0.4 is 14.8 Å². The lowest BCUT2D eigenvalue weighted by molar-refractivity contribution is 0.327. The van der Waals surface area contributed by atoms with Crippen molar-refractivity contribution in [3.63, 3.8) is 0 Å². The highest BCUT2D eigenvalue weighted by molar-refractivity contribution is 6.32. The summed E-state index contributed by atoms with van der Waals surface area (Å²) < 4.78 is 10.4. The van der Waals surface area contributed by atoms with E-state index in [0.29, 0.717) is 16.9 Å². The summed E-state index contributed by atoms with van der Waals surface area (Å²) in [5.41, 5.74) is 1.08. The van der Waals surface area contributed by atoms with Gasteiger partial charge in [-0.25, -0.2) is 9.97 Å². The van der Waals surface area contributed by atoms with E-state index in [-0.39, 0.29) is 0 Å². The predicted octanol–water partition coefficient (Wildman–Crippen LogP) is 2.83. The molecule has 1 atom stereocenters. The largest absolute Gasteiger partial charge is 0.495 e. The van der Waals surface area contributed by atoms with E-state index in [4.69, 9.17) is 21.1 Å². The molecule has 3 rings (SSSR count). The molecule has 0 aliphatic carbocycles. The van der Waals surface area contributed by atoms with Crippen LogP contribution >= 0.6 is 11.6 Å². The van der Waals surface area contributed by atoms with E-state index in [0.717, 1.165) is 43.2 Å². The van der Waals surface area contributed by atoms with Crippen LogP contribution in [0.5, 0.6) is 11.6 Å². The maximum absolute atomic E-state index is 6.39. The van der Waals surface area contributed by atoms with Crippen LogP contribution in [0.25, 0.3) is 0 Å². The van der Waals surface area contributed by atoms with Crippen LogP contribution in [0.4, 0.5) is 5.82 Å². The summed E-state index contributed by atoms with van der Waals surface area (Å²) in [7, 11) is 3.23. The number of aromatic nitrogens is 2. The smallest absolute Gasteiger partial charge is 0.218 e. The van der Waals surface area contributed by atoms with Gasteiger partial charge in [0.15, 0.2) is 0 Å². The normalized spacial score (nSPS) is 17.7. The molecule has 0 bridgehead atoms. The molecule has 0 radical (unpaired) electrons. The highest BCUT2D eigenvalue weighted by Gasteiger charge is 2.23. The lowest BCUT2D eigenvalue weighted by Crippen LogP contribution is -2.26. The second kappa shape index (κ2) is 7.68. The van der Waals surface area contributed by atoms with Crippen LogP contribution in [-0.4, -0.2) is 48.2 Å². The minimum atomic E-state index is 0.342. The third-order valence-electron chi connectivity index (χ3n) is 4.13. The van der Waals surface area contributed by atoms with Gasteiger partial charge in [-0.05, 0) is 18.1 Å². The van der Waals surface area contributed by atoms with Gasteiger partial charge in [-0.1, -0.05) is 23.7 Å². The second-order valence-corrected chi connectivity index (χ2v) is 6.12. The van der Waals surface area contributed by atoms with Gasteiger partial charge in [0.2, 0.25) is 5.88 Å². The van der Waals surface area contributed by atoms with E-state index in [9.17, 15) is 0 Å². The molecule has 0 spiro atoms. The van der Waals surface area contributed by atoms with Crippen molar-refractivity contribution in [3.05, 3.63) is 41.2 Å². The van der Waals surface area contributed by atoms with Gasteiger partial charge in [-0.3, -0.25) is 4.90 Å². The fourth-order valence-corrected chi connectivity index (χ4v) is 3.17. The minimum Gasteiger partial charge on any atom is -0.495 e. The Hall–Kier alpha value is -2.05. The van der Waals surface area contributed by atoms with E-state index in [1.54, 1.807) is 14.2 Å². The van der Waals surface area contributed by atoms with Crippen molar-refractivity contribution >= 4 is 17.4 Å². The summed E-state index contributed by atoms with van der Waals surface area (Å²) >= 11 is 6.39. The molecule has 24 heavy (non-hydrogen) atoms. The molecule has 2 heterocycles. The molecule has 1 aromatic heterocycles. The lowest BCUT2D eigenvalue weighted by Gasteiger charge is -2.18. The van der Waals surface area contributed by atoms with Crippen LogP contribution in [0.2, 0.25) is 5.02 Å². The summed E-state index contributed by atoms with van der Waals surface area (Å²) in [4.78, 5) is 10.6. The summed E-state index contributed by atoms with van der Waals surface area (Å²) in [5, 5.41) is 4.13. The molecule has 2 aromatic rings. The van der Waals surface area contributed by atoms with E-state index in [1.165, 1.54) is 6.33 Å². The first-order chi connectivity index (χ1) is 11.7. The zero-order chi connectivity index (χ0) is 16.9. The number of likely N-dealkylation sites (tertiary alicyclic amines) is 1. The zero-order valence-electron chi connectivity index (χ0n) is 13.8. The first kappa shape index (κ1) is 16.8. The molecule has 1 unspecified atom stereocenters. The number of rotatable bonds is 6. The van der Waals surface area contributed by atoms with Crippen LogP contribution in [0.3, 0.4) is 0 Å². The Bertz CT molecular complexity index is 698. The summed E-state index contributed by atoms with van der Waals surface area (Å²) in [6.07, 6.45) is 2.55. The number of hydrogen-bond donors (Lipinski definition) is 1.